The number of carbonyl (C=O) groups is 1. The summed E-state index contributed by atoms with van der Waals surface area (Å²) in [6, 6.07) is 12.7. The molecule has 2 aromatic carbocycles. The number of nitrogens with one attached hydrogen (secondary N) is 1. The van der Waals surface area contributed by atoms with E-state index in [1.807, 2.05) is 38.1 Å². The third-order valence-electron chi connectivity index (χ3n) is 4.36. The number of carboxylic acids is 1. The zero-order valence-electron chi connectivity index (χ0n) is 14.5. The largest absolute Gasteiger partial charge is 0.497 e. The van der Waals surface area contributed by atoms with Crippen LogP contribution in [0.5, 0.6) is 5.75 Å². The van der Waals surface area contributed by atoms with Crippen LogP contribution in [0.4, 0.5) is 0 Å². The molecule has 1 aromatic heterocycles. The van der Waals surface area contributed by atoms with E-state index in [9.17, 15) is 4.79 Å². The molecule has 3 aromatic rings. The molecule has 5 nitrogen and oxygen atoms in total. The molecule has 0 spiro atoms. The van der Waals surface area contributed by atoms with Gasteiger partial charge in [0.2, 0.25) is 0 Å². The summed E-state index contributed by atoms with van der Waals surface area (Å²) in [7, 11) is 1.65. The van der Waals surface area contributed by atoms with Gasteiger partial charge in [-0.15, -0.1) is 0 Å². The van der Waals surface area contributed by atoms with Crippen molar-refractivity contribution < 1.29 is 19.1 Å². The number of hydrogen-bond acceptors (Lipinski definition) is 4. The fourth-order valence-corrected chi connectivity index (χ4v) is 2.94. The Hall–Kier alpha value is -2.79. The van der Waals surface area contributed by atoms with Crippen LogP contribution in [0.1, 0.15) is 40.2 Å². The van der Waals surface area contributed by atoms with Crippen molar-refractivity contribution in [3.05, 3.63) is 64.9 Å². The highest BCUT2D eigenvalue weighted by molar-refractivity contribution is 5.87. The maximum Gasteiger partial charge on any atom is 0.335 e. The molecule has 0 aliphatic carbocycles. The van der Waals surface area contributed by atoms with Crippen LogP contribution in [0.2, 0.25) is 0 Å². The molecular weight excluding hydrogens is 318 g/mol. The van der Waals surface area contributed by atoms with Crippen LogP contribution < -0.4 is 10.1 Å². The maximum atomic E-state index is 11.1. The summed E-state index contributed by atoms with van der Waals surface area (Å²) >= 11 is 0. The zero-order chi connectivity index (χ0) is 18.0. The number of ether oxygens (including phenoxy) is 1. The molecule has 25 heavy (non-hydrogen) atoms. The normalized spacial score (nSPS) is 12.3. The predicted molar refractivity (Wildman–Crippen MR) is 96.2 cm³/mol. The van der Waals surface area contributed by atoms with E-state index in [-0.39, 0.29) is 6.04 Å². The first-order valence-electron chi connectivity index (χ1n) is 8.12. The van der Waals surface area contributed by atoms with E-state index in [2.05, 4.69) is 5.32 Å². The summed E-state index contributed by atoms with van der Waals surface area (Å²) in [5.74, 6) is 0.753. The Balaban J connectivity index is 1.78. The number of hydrogen-bond donors (Lipinski definition) is 2. The highest BCUT2D eigenvalue weighted by Gasteiger charge is 2.17. The average Bonchev–Trinajstić information content (AvgIpc) is 2.96. The number of aryl methyl sites for hydroxylation is 1. The Bertz CT molecular complexity index is 913. The van der Waals surface area contributed by atoms with Gasteiger partial charge in [-0.1, -0.05) is 12.1 Å². The van der Waals surface area contributed by atoms with E-state index >= 15 is 0 Å². The van der Waals surface area contributed by atoms with Gasteiger partial charge in [0.05, 0.1) is 18.7 Å². The summed E-state index contributed by atoms with van der Waals surface area (Å²) in [5.41, 5.74) is 3.11. The van der Waals surface area contributed by atoms with Crippen molar-refractivity contribution in [3.8, 4) is 5.75 Å². The summed E-state index contributed by atoms with van der Waals surface area (Å²) in [6.45, 7) is 4.62. The number of fused-ring (bicyclic) bond motifs is 1. The Morgan fingerprint density at radius 3 is 2.80 bits per heavy atom. The molecule has 1 atom stereocenters. The van der Waals surface area contributed by atoms with Crippen molar-refractivity contribution in [1.82, 2.24) is 5.32 Å². The van der Waals surface area contributed by atoms with Crippen LogP contribution in [-0.4, -0.2) is 18.2 Å². The first-order chi connectivity index (χ1) is 12.0. The Labute approximate surface area is 146 Å². The van der Waals surface area contributed by atoms with Gasteiger partial charge in [-0.3, -0.25) is 0 Å². The zero-order valence-corrected chi connectivity index (χ0v) is 14.5. The number of carboxylic acid groups (broad SMARTS) is 1. The molecule has 0 radical (unpaired) electrons. The van der Waals surface area contributed by atoms with Gasteiger partial charge < -0.3 is 19.6 Å². The van der Waals surface area contributed by atoms with Crippen molar-refractivity contribution in [3.63, 3.8) is 0 Å². The van der Waals surface area contributed by atoms with Gasteiger partial charge in [0.25, 0.3) is 0 Å². The fourth-order valence-electron chi connectivity index (χ4n) is 2.94. The second kappa shape index (κ2) is 6.99. The fraction of sp³-hybridized carbons (Fsp3) is 0.250. The van der Waals surface area contributed by atoms with Gasteiger partial charge in [-0.2, -0.15) is 0 Å². The number of methoxy groups -OCH3 is 1. The Morgan fingerprint density at radius 2 is 2.08 bits per heavy atom. The first kappa shape index (κ1) is 17.0. The molecule has 0 saturated carbocycles. The van der Waals surface area contributed by atoms with Crippen molar-refractivity contribution in [2.24, 2.45) is 0 Å². The van der Waals surface area contributed by atoms with Crippen LogP contribution in [0, 0.1) is 6.92 Å². The molecule has 130 valence electrons. The maximum absolute atomic E-state index is 11.1. The van der Waals surface area contributed by atoms with Crippen LogP contribution in [0.3, 0.4) is 0 Å². The van der Waals surface area contributed by atoms with Crippen LogP contribution in [0.25, 0.3) is 11.0 Å². The number of rotatable bonds is 6. The second-order valence-electron chi connectivity index (χ2n) is 6.06. The molecule has 0 fully saturated rings. The third kappa shape index (κ3) is 3.51. The lowest BCUT2D eigenvalue weighted by molar-refractivity contribution is 0.0696. The highest BCUT2D eigenvalue weighted by atomic mass is 16.5. The molecule has 0 saturated heterocycles. The highest BCUT2D eigenvalue weighted by Crippen LogP contribution is 2.32. The Kier molecular flexibility index (Phi) is 4.76. The van der Waals surface area contributed by atoms with Crippen LogP contribution in [-0.2, 0) is 6.54 Å². The van der Waals surface area contributed by atoms with Crippen molar-refractivity contribution in [2.45, 2.75) is 26.4 Å². The van der Waals surface area contributed by atoms with Crippen molar-refractivity contribution >= 4 is 16.9 Å². The quantitative estimate of drug-likeness (QED) is 0.700. The van der Waals surface area contributed by atoms with Gasteiger partial charge >= 0.3 is 5.97 Å². The summed E-state index contributed by atoms with van der Waals surface area (Å²) in [6.07, 6.45) is 0. The smallest absolute Gasteiger partial charge is 0.335 e. The van der Waals surface area contributed by atoms with Crippen LogP contribution >= 0.6 is 0 Å². The van der Waals surface area contributed by atoms with Gasteiger partial charge in [0.15, 0.2) is 0 Å². The molecule has 0 amide bonds. The van der Waals surface area contributed by atoms with Gasteiger partial charge in [-0.25, -0.2) is 4.79 Å². The number of furan rings is 1. The van der Waals surface area contributed by atoms with E-state index in [1.54, 1.807) is 25.3 Å². The van der Waals surface area contributed by atoms with E-state index in [1.165, 1.54) is 0 Å². The second-order valence-corrected chi connectivity index (χ2v) is 6.06. The summed E-state index contributed by atoms with van der Waals surface area (Å²) in [4.78, 5) is 11.1. The minimum absolute atomic E-state index is 0.00752. The lowest BCUT2D eigenvalue weighted by Crippen LogP contribution is -2.18. The Morgan fingerprint density at radius 1 is 1.28 bits per heavy atom. The van der Waals surface area contributed by atoms with E-state index < -0.39 is 5.97 Å². The topological polar surface area (TPSA) is 71.7 Å². The van der Waals surface area contributed by atoms with Crippen LogP contribution in [0.15, 0.2) is 46.9 Å². The van der Waals surface area contributed by atoms with E-state index in [0.29, 0.717) is 12.1 Å². The van der Waals surface area contributed by atoms with E-state index in [0.717, 1.165) is 33.6 Å². The molecule has 2 N–H and O–H groups in total. The minimum atomic E-state index is -0.919. The van der Waals surface area contributed by atoms with Crippen molar-refractivity contribution in [1.29, 1.82) is 0 Å². The summed E-state index contributed by atoms with van der Waals surface area (Å²) in [5, 5.41) is 13.5. The lowest BCUT2D eigenvalue weighted by atomic mass is 10.1. The molecule has 0 bridgehead atoms. The summed E-state index contributed by atoms with van der Waals surface area (Å²) < 4.78 is 11.3. The van der Waals surface area contributed by atoms with E-state index in [4.69, 9.17) is 14.3 Å². The predicted octanol–water partition coefficient (Wildman–Crippen LogP) is 4.30. The average molecular weight is 339 g/mol. The number of benzene rings is 2. The van der Waals surface area contributed by atoms with Gasteiger partial charge in [0, 0.05) is 17.5 Å². The SMILES string of the molecule is COc1ccc2oc(C(C)NCc3cccc(C(=O)O)c3)c(C)c2c1. The molecule has 0 aliphatic rings. The first-order valence-corrected chi connectivity index (χ1v) is 8.12. The monoisotopic (exact) mass is 339 g/mol. The molecule has 1 unspecified atom stereocenters. The lowest BCUT2D eigenvalue weighted by Gasteiger charge is -2.13. The van der Waals surface area contributed by atoms with Crippen molar-refractivity contribution in [2.75, 3.05) is 7.11 Å². The molecule has 5 heteroatoms. The van der Waals surface area contributed by atoms with Gasteiger partial charge in [-0.05, 0) is 49.7 Å². The number of aromatic carboxylic acids is 1. The molecule has 3 rings (SSSR count). The third-order valence-corrected chi connectivity index (χ3v) is 4.36. The minimum Gasteiger partial charge on any atom is -0.497 e. The molecule has 0 aliphatic heterocycles. The molecule has 1 heterocycles. The van der Waals surface area contributed by atoms with Gasteiger partial charge in [0.1, 0.15) is 17.1 Å². The molecular formula is C20H21NO4. The standard InChI is InChI=1S/C20H21NO4/c1-12-17-10-16(24-3)7-8-18(17)25-19(12)13(2)21-11-14-5-4-6-15(9-14)20(22)23/h4-10,13,21H,11H2,1-3H3,(H,22,23).